The van der Waals surface area contributed by atoms with Crippen molar-refractivity contribution in [2.45, 2.75) is 38.4 Å². The van der Waals surface area contributed by atoms with Gasteiger partial charge in [-0.2, -0.15) is 0 Å². The fourth-order valence-electron chi connectivity index (χ4n) is 4.55. The molecule has 2 heterocycles. The first-order valence-corrected chi connectivity index (χ1v) is 12.5. The molecule has 2 saturated heterocycles. The number of aldehydes is 1. The molecule has 33 heavy (non-hydrogen) atoms. The predicted molar refractivity (Wildman–Crippen MR) is 132 cm³/mol. The largest absolute Gasteiger partial charge is 0.445 e. The van der Waals surface area contributed by atoms with Crippen LogP contribution in [0.15, 0.2) is 53.0 Å². The number of halogens is 1. The number of piperidine rings is 2. The fourth-order valence-corrected chi connectivity index (χ4v) is 5.00. The quantitative estimate of drug-likeness (QED) is 0.469. The maximum absolute atomic E-state index is 12.3. The topological polar surface area (TPSA) is 59.1 Å². The molecule has 2 fully saturated rings. The predicted octanol–water partition coefficient (Wildman–Crippen LogP) is 5.30. The molecule has 1 amide bonds. The lowest BCUT2D eigenvalue weighted by Crippen LogP contribution is -2.42. The first kappa shape index (κ1) is 23.8. The van der Waals surface area contributed by atoms with Crippen LogP contribution in [0.4, 0.5) is 10.5 Å². The minimum atomic E-state index is -0.244. The van der Waals surface area contributed by atoms with Gasteiger partial charge < -0.3 is 19.3 Å². The minimum absolute atomic E-state index is 0.202. The van der Waals surface area contributed by atoms with Gasteiger partial charge in [0.15, 0.2) is 6.29 Å². The third-order valence-corrected chi connectivity index (χ3v) is 7.27. The van der Waals surface area contributed by atoms with Crippen LogP contribution in [0.2, 0.25) is 0 Å². The van der Waals surface area contributed by atoms with Crippen molar-refractivity contribution in [2.75, 3.05) is 37.7 Å². The van der Waals surface area contributed by atoms with E-state index in [-0.39, 0.29) is 12.2 Å². The molecular formula is C26H31BrN2O4. The second-order valence-corrected chi connectivity index (χ2v) is 9.64. The van der Waals surface area contributed by atoms with Gasteiger partial charge in [-0.05, 0) is 65.2 Å². The third-order valence-electron chi connectivity index (χ3n) is 6.58. The Labute approximate surface area is 204 Å². The maximum atomic E-state index is 12.3. The smallest absolute Gasteiger partial charge is 0.410 e. The summed E-state index contributed by atoms with van der Waals surface area (Å²) >= 11 is 3.48. The lowest BCUT2D eigenvalue weighted by molar-refractivity contribution is -0.0132. The van der Waals surface area contributed by atoms with E-state index >= 15 is 0 Å². The van der Waals surface area contributed by atoms with Gasteiger partial charge >= 0.3 is 6.09 Å². The molecule has 6 nitrogen and oxygen atoms in total. The molecule has 0 unspecified atom stereocenters. The van der Waals surface area contributed by atoms with E-state index in [4.69, 9.17) is 9.47 Å². The van der Waals surface area contributed by atoms with E-state index in [2.05, 4.69) is 20.8 Å². The van der Waals surface area contributed by atoms with E-state index in [0.29, 0.717) is 25.6 Å². The van der Waals surface area contributed by atoms with Gasteiger partial charge in [0.25, 0.3) is 0 Å². The summed E-state index contributed by atoms with van der Waals surface area (Å²) in [5.74, 6) is 0.530. The first-order valence-electron chi connectivity index (χ1n) is 11.7. The SMILES string of the molecule is O=Cc1c(Br)cccc1N1CCC(COC2CCN(C(=O)OCc3ccccc3)CC2)CC1. The minimum Gasteiger partial charge on any atom is -0.445 e. The van der Waals surface area contributed by atoms with E-state index in [1.54, 1.807) is 4.90 Å². The Morgan fingerprint density at radius 3 is 2.39 bits per heavy atom. The average Bonchev–Trinajstić information content (AvgIpc) is 2.87. The standard InChI is InChI=1S/C26H31BrN2O4/c27-24-7-4-8-25(23(24)17-30)28-13-9-21(10-14-28)18-32-22-11-15-29(16-12-22)26(31)33-19-20-5-2-1-3-6-20/h1-8,17,21-22H,9-16,18-19H2. The lowest BCUT2D eigenvalue weighted by atomic mass is 9.96. The molecule has 0 N–H and O–H groups in total. The van der Waals surface area contributed by atoms with Crippen molar-refractivity contribution in [1.82, 2.24) is 4.90 Å². The second-order valence-electron chi connectivity index (χ2n) is 8.78. The highest BCUT2D eigenvalue weighted by atomic mass is 79.9. The summed E-state index contributed by atoms with van der Waals surface area (Å²) in [5.41, 5.74) is 2.73. The molecule has 0 bridgehead atoms. The molecule has 0 aromatic heterocycles. The van der Waals surface area contributed by atoms with Crippen LogP contribution in [-0.2, 0) is 16.1 Å². The number of benzene rings is 2. The van der Waals surface area contributed by atoms with Crippen molar-refractivity contribution in [3.05, 3.63) is 64.1 Å². The molecule has 0 radical (unpaired) electrons. The van der Waals surface area contributed by atoms with E-state index < -0.39 is 0 Å². The molecule has 4 rings (SSSR count). The van der Waals surface area contributed by atoms with E-state index in [9.17, 15) is 9.59 Å². The highest BCUT2D eigenvalue weighted by Crippen LogP contribution is 2.30. The van der Waals surface area contributed by atoms with Gasteiger partial charge in [-0.25, -0.2) is 4.79 Å². The molecule has 2 aromatic carbocycles. The zero-order valence-corrected chi connectivity index (χ0v) is 20.4. The number of hydrogen-bond acceptors (Lipinski definition) is 5. The normalized spacial score (nSPS) is 17.7. The Hall–Kier alpha value is -2.38. The zero-order valence-electron chi connectivity index (χ0n) is 18.8. The second kappa shape index (κ2) is 11.7. The van der Waals surface area contributed by atoms with Crippen LogP contribution in [0.25, 0.3) is 0 Å². The third kappa shape index (κ3) is 6.36. The number of carbonyl (C=O) groups is 2. The van der Waals surface area contributed by atoms with Gasteiger partial charge in [0.1, 0.15) is 6.61 Å². The van der Waals surface area contributed by atoms with Crippen LogP contribution < -0.4 is 4.90 Å². The summed E-state index contributed by atoms with van der Waals surface area (Å²) in [6.07, 6.45) is 4.68. The monoisotopic (exact) mass is 514 g/mol. The van der Waals surface area contributed by atoms with Crippen molar-refractivity contribution in [3.63, 3.8) is 0 Å². The van der Waals surface area contributed by atoms with Crippen LogP contribution in [-0.4, -0.2) is 56.2 Å². The summed E-state index contributed by atoms with van der Waals surface area (Å²) in [6.45, 7) is 4.27. The fraction of sp³-hybridized carbons (Fsp3) is 0.462. The van der Waals surface area contributed by atoms with E-state index in [1.165, 1.54) is 0 Å². The number of likely N-dealkylation sites (tertiary alicyclic amines) is 1. The van der Waals surface area contributed by atoms with Crippen LogP contribution in [0.3, 0.4) is 0 Å². The van der Waals surface area contributed by atoms with Crippen molar-refractivity contribution in [1.29, 1.82) is 0 Å². The highest BCUT2D eigenvalue weighted by Gasteiger charge is 2.26. The molecule has 0 aliphatic carbocycles. The van der Waals surface area contributed by atoms with Gasteiger partial charge in [-0.15, -0.1) is 0 Å². The van der Waals surface area contributed by atoms with Crippen molar-refractivity contribution >= 4 is 34.0 Å². The summed E-state index contributed by atoms with van der Waals surface area (Å²) < 4.78 is 12.5. The summed E-state index contributed by atoms with van der Waals surface area (Å²) in [7, 11) is 0. The van der Waals surface area contributed by atoms with Gasteiger partial charge in [-0.3, -0.25) is 4.79 Å². The van der Waals surface area contributed by atoms with Gasteiger partial charge in [0, 0.05) is 42.9 Å². The van der Waals surface area contributed by atoms with Crippen molar-refractivity contribution < 1.29 is 19.1 Å². The number of ether oxygens (including phenoxy) is 2. The van der Waals surface area contributed by atoms with Crippen molar-refractivity contribution in [2.24, 2.45) is 5.92 Å². The van der Waals surface area contributed by atoms with Gasteiger partial charge in [0.2, 0.25) is 0 Å². The average molecular weight is 515 g/mol. The van der Waals surface area contributed by atoms with Gasteiger partial charge in [0.05, 0.1) is 11.7 Å². The van der Waals surface area contributed by atoms with E-state index in [1.807, 2.05) is 48.5 Å². The zero-order chi connectivity index (χ0) is 23.0. The Kier molecular flexibility index (Phi) is 8.40. The highest BCUT2D eigenvalue weighted by molar-refractivity contribution is 9.10. The molecule has 7 heteroatoms. The number of rotatable bonds is 7. The molecule has 176 valence electrons. The van der Waals surface area contributed by atoms with Crippen molar-refractivity contribution in [3.8, 4) is 0 Å². The maximum Gasteiger partial charge on any atom is 0.410 e. The van der Waals surface area contributed by atoms with Crippen LogP contribution in [0.5, 0.6) is 0 Å². The first-order chi connectivity index (χ1) is 16.1. The number of anilines is 1. The molecule has 2 aliphatic rings. The molecule has 0 saturated carbocycles. The number of carbonyl (C=O) groups excluding carboxylic acids is 2. The Morgan fingerprint density at radius 1 is 0.970 bits per heavy atom. The summed E-state index contributed by atoms with van der Waals surface area (Å²) in [5, 5.41) is 0. The number of nitrogens with zero attached hydrogens (tertiary/aromatic N) is 2. The Balaban J connectivity index is 1.15. The van der Waals surface area contributed by atoms with Crippen LogP contribution in [0, 0.1) is 5.92 Å². The molecule has 0 atom stereocenters. The number of hydrogen-bond donors (Lipinski definition) is 0. The summed E-state index contributed by atoms with van der Waals surface area (Å²) in [4.78, 5) is 27.9. The molecule has 2 aromatic rings. The van der Waals surface area contributed by atoms with Gasteiger partial charge in [-0.1, -0.05) is 36.4 Å². The lowest BCUT2D eigenvalue weighted by Gasteiger charge is -2.36. The van der Waals surface area contributed by atoms with E-state index in [0.717, 1.165) is 73.0 Å². The molecular weight excluding hydrogens is 484 g/mol. The number of amides is 1. The Bertz CT molecular complexity index is 923. The molecule has 0 spiro atoms. The van der Waals surface area contributed by atoms with Crippen LogP contribution in [0.1, 0.15) is 41.6 Å². The Morgan fingerprint density at radius 2 is 1.70 bits per heavy atom. The molecule has 2 aliphatic heterocycles. The summed E-state index contributed by atoms with van der Waals surface area (Å²) in [6, 6.07) is 15.6. The van der Waals surface area contributed by atoms with Crippen LogP contribution >= 0.6 is 15.9 Å².